The van der Waals surface area contributed by atoms with Gasteiger partial charge in [0.1, 0.15) is 0 Å². The number of aliphatic imine (C=N–C) groups is 1. The highest BCUT2D eigenvalue weighted by atomic mass is 32.1. The highest BCUT2D eigenvalue weighted by Crippen LogP contribution is 2.29. The molecule has 1 heterocycles. The molecule has 0 atom stereocenters. The van der Waals surface area contributed by atoms with Crippen molar-refractivity contribution in [1.82, 2.24) is 15.2 Å². The molecule has 0 aliphatic rings. The molecule has 1 N–H and O–H groups in total. The number of aryl methyl sites for hydroxylation is 2. The summed E-state index contributed by atoms with van der Waals surface area (Å²) in [4.78, 5) is 23.7. The molecule has 0 radical (unpaired) electrons. The Morgan fingerprint density at radius 2 is 2.00 bits per heavy atom. The number of hydrogen-bond donors (Lipinski definition) is 1. The second kappa shape index (κ2) is 9.67. The molecule has 1 amide bonds. The second-order valence-corrected chi connectivity index (χ2v) is 8.25. The molecule has 1 aromatic heterocycles. The minimum absolute atomic E-state index is 0.100. The van der Waals surface area contributed by atoms with Crippen LogP contribution in [0.2, 0.25) is 0 Å². The van der Waals surface area contributed by atoms with Gasteiger partial charge in [-0.3, -0.25) is 4.79 Å². The van der Waals surface area contributed by atoms with Crippen LogP contribution in [0.5, 0.6) is 0 Å². The third-order valence-corrected chi connectivity index (χ3v) is 5.96. The minimum Gasteiger partial charge on any atom is -0.366 e. The number of rotatable bonds is 7. The van der Waals surface area contributed by atoms with Crippen molar-refractivity contribution >= 4 is 29.3 Å². The second-order valence-electron chi connectivity index (χ2n) is 7.31. The van der Waals surface area contributed by atoms with E-state index < -0.39 is 0 Å². The Bertz CT molecular complexity index is 1070. The van der Waals surface area contributed by atoms with Gasteiger partial charge in [-0.05, 0) is 49.6 Å². The molecule has 2 aromatic carbocycles. The highest BCUT2D eigenvalue weighted by Gasteiger charge is 2.14. The van der Waals surface area contributed by atoms with Crippen LogP contribution in [0.4, 0.5) is 5.69 Å². The quantitative estimate of drug-likeness (QED) is 0.433. The van der Waals surface area contributed by atoms with Gasteiger partial charge in [0.25, 0.3) is 5.91 Å². The largest absolute Gasteiger partial charge is 0.366 e. The van der Waals surface area contributed by atoms with E-state index >= 15 is 0 Å². The fourth-order valence-corrected chi connectivity index (χ4v) is 3.97. The number of carbonyl (C=O) groups excluding carboxylic acids is 1. The normalized spacial score (nSPS) is 11.1. The van der Waals surface area contributed by atoms with E-state index in [0.29, 0.717) is 5.56 Å². The third-order valence-electron chi connectivity index (χ3n) is 5.12. The summed E-state index contributed by atoms with van der Waals surface area (Å²) >= 11 is 1.62. The molecule has 3 aromatic rings. The van der Waals surface area contributed by atoms with Crippen molar-refractivity contribution < 1.29 is 4.79 Å². The van der Waals surface area contributed by atoms with E-state index in [-0.39, 0.29) is 5.91 Å². The van der Waals surface area contributed by atoms with E-state index in [1.54, 1.807) is 18.4 Å². The van der Waals surface area contributed by atoms with Crippen molar-refractivity contribution in [1.29, 1.82) is 0 Å². The zero-order valence-electron chi connectivity index (χ0n) is 18.2. The van der Waals surface area contributed by atoms with Crippen molar-refractivity contribution in [3.63, 3.8) is 0 Å². The summed E-state index contributed by atoms with van der Waals surface area (Å²) in [6.45, 7) is 7.23. The number of thiazole rings is 1. The Kier molecular flexibility index (Phi) is 7.00. The fraction of sp³-hybridized carbons (Fsp3) is 0.292. The summed E-state index contributed by atoms with van der Waals surface area (Å²) in [7, 11) is 3.66. The van der Waals surface area contributed by atoms with Crippen LogP contribution in [-0.2, 0) is 6.42 Å². The van der Waals surface area contributed by atoms with Gasteiger partial charge in [-0.1, -0.05) is 24.3 Å². The first-order valence-corrected chi connectivity index (χ1v) is 10.9. The van der Waals surface area contributed by atoms with Crippen molar-refractivity contribution in [3.8, 4) is 11.3 Å². The Labute approximate surface area is 182 Å². The maximum atomic E-state index is 12.2. The molecule has 0 fully saturated rings. The molecular formula is C24H28N4OS. The molecule has 3 rings (SSSR count). The maximum absolute atomic E-state index is 12.2. The number of nitrogens with zero attached hydrogens (tertiary/aromatic N) is 3. The number of nitrogens with one attached hydrogen (secondary N) is 1. The van der Waals surface area contributed by atoms with E-state index in [4.69, 9.17) is 4.98 Å². The van der Waals surface area contributed by atoms with E-state index in [2.05, 4.69) is 48.1 Å². The Morgan fingerprint density at radius 1 is 1.23 bits per heavy atom. The lowest BCUT2D eigenvalue weighted by Gasteiger charge is -2.11. The van der Waals surface area contributed by atoms with Crippen LogP contribution >= 0.6 is 11.3 Å². The molecule has 0 saturated carbocycles. The molecule has 0 aliphatic carbocycles. The Balaban J connectivity index is 1.84. The summed E-state index contributed by atoms with van der Waals surface area (Å²) in [6.07, 6.45) is 2.64. The number of carbonyl (C=O) groups is 1. The van der Waals surface area contributed by atoms with Gasteiger partial charge < -0.3 is 10.2 Å². The standard InChI is InChI=1S/C24H28N4OS/c1-6-28(5)15-26-21-12-16(2)18(11-17(21)3)13-23-27-22(14-30-23)19-9-7-8-10-20(19)24(29)25-4/h7-12,14-15H,6,13H2,1-5H3,(H,25,29). The average Bonchev–Trinajstić information content (AvgIpc) is 3.22. The van der Waals surface area contributed by atoms with Gasteiger partial charge in [0.2, 0.25) is 0 Å². The predicted octanol–water partition coefficient (Wildman–Crippen LogP) is 4.99. The van der Waals surface area contributed by atoms with Crippen molar-refractivity contribution in [3.05, 3.63) is 69.0 Å². The SMILES string of the molecule is CCN(C)C=Nc1cc(C)c(Cc2nc(-c3ccccc3C(=O)NC)cs2)cc1C. The third kappa shape index (κ3) is 4.94. The van der Waals surface area contributed by atoms with Crippen LogP contribution < -0.4 is 5.32 Å². The highest BCUT2D eigenvalue weighted by molar-refractivity contribution is 7.10. The topological polar surface area (TPSA) is 57.6 Å². The van der Waals surface area contributed by atoms with Gasteiger partial charge >= 0.3 is 0 Å². The zero-order chi connectivity index (χ0) is 21.7. The van der Waals surface area contributed by atoms with Gasteiger partial charge in [0.05, 0.1) is 22.7 Å². The lowest BCUT2D eigenvalue weighted by molar-refractivity contribution is 0.0963. The molecule has 0 spiro atoms. The van der Waals surface area contributed by atoms with Gasteiger partial charge in [-0.25, -0.2) is 9.98 Å². The zero-order valence-corrected chi connectivity index (χ0v) is 19.0. The molecular weight excluding hydrogens is 392 g/mol. The molecule has 0 saturated heterocycles. The summed E-state index contributed by atoms with van der Waals surface area (Å²) in [5, 5.41) is 5.76. The molecule has 0 unspecified atom stereocenters. The molecule has 0 bridgehead atoms. The van der Waals surface area contributed by atoms with Crippen LogP contribution in [-0.4, -0.2) is 42.8 Å². The summed E-state index contributed by atoms with van der Waals surface area (Å²) in [5.74, 6) is -0.100. The first-order valence-electron chi connectivity index (χ1n) is 10.0. The van der Waals surface area contributed by atoms with E-state index in [1.165, 1.54) is 11.1 Å². The summed E-state index contributed by atoms with van der Waals surface area (Å²) < 4.78 is 0. The Hall–Kier alpha value is -2.99. The smallest absolute Gasteiger partial charge is 0.251 e. The van der Waals surface area contributed by atoms with Gasteiger partial charge in [-0.2, -0.15) is 0 Å². The minimum atomic E-state index is -0.100. The van der Waals surface area contributed by atoms with Gasteiger partial charge in [0.15, 0.2) is 0 Å². The van der Waals surface area contributed by atoms with Gasteiger partial charge in [0, 0.05) is 43.6 Å². The first kappa shape index (κ1) is 21.7. The summed E-state index contributed by atoms with van der Waals surface area (Å²) in [6, 6.07) is 11.9. The van der Waals surface area contributed by atoms with Crippen LogP contribution in [0.1, 0.15) is 39.0 Å². The number of benzene rings is 2. The van der Waals surface area contributed by atoms with Crippen LogP contribution in [0, 0.1) is 13.8 Å². The van der Waals surface area contributed by atoms with E-state index in [0.717, 1.165) is 40.5 Å². The molecule has 30 heavy (non-hydrogen) atoms. The molecule has 6 heteroatoms. The number of amides is 1. The molecule has 0 aliphatic heterocycles. The lowest BCUT2D eigenvalue weighted by atomic mass is 10.0. The van der Waals surface area contributed by atoms with Crippen molar-refractivity contribution in [2.45, 2.75) is 27.2 Å². The van der Waals surface area contributed by atoms with E-state index in [9.17, 15) is 4.79 Å². The van der Waals surface area contributed by atoms with Crippen LogP contribution in [0.15, 0.2) is 46.8 Å². The van der Waals surface area contributed by atoms with Crippen molar-refractivity contribution in [2.75, 3.05) is 20.6 Å². The van der Waals surface area contributed by atoms with Crippen LogP contribution in [0.3, 0.4) is 0 Å². The fourth-order valence-electron chi connectivity index (χ4n) is 3.15. The lowest BCUT2D eigenvalue weighted by Crippen LogP contribution is -2.18. The summed E-state index contributed by atoms with van der Waals surface area (Å²) in [5.41, 5.74) is 6.94. The first-order chi connectivity index (χ1) is 14.4. The number of aromatic nitrogens is 1. The maximum Gasteiger partial charge on any atom is 0.251 e. The van der Waals surface area contributed by atoms with Crippen molar-refractivity contribution in [2.24, 2.45) is 4.99 Å². The number of hydrogen-bond acceptors (Lipinski definition) is 4. The monoisotopic (exact) mass is 420 g/mol. The van der Waals surface area contributed by atoms with Crippen LogP contribution in [0.25, 0.3) is 11.3 Å². The Morgan fingerprint density at radius 3 is 2.73 bits per heavy atom. The molecule has 5 nitrogen and oxygen atoms in total. The molecule has 156 valence electrons. The van der Waals surface area contributed by atoms with E-state index in [1.807, 2.05) is 43.0 Å². The predicted molar refractivity (Wildman–Crippen MR) is 126 cm³/mol. The average molecular weight is 421 g/mol. The van der Waals surface area contributed by atoms with Gasteiger partial charge in [-0.15, -0.1) is 11.3 Å².